The largest absolute Gasteiger partial charge is 0.478 e. The summed E-state index contributed by atoms with van der Waals surface area (Å²) in [5.41, 5.74) is -0.287. The van der Waals surface area contributed by atoms with Crippen molar-refractivity contribution in [3.8, 4) is 11.5 Å². The van der Waals surface area contributed by atoms with Crippen LogP contribution in [0.15, 0.2) is 47.4 Å². The van der Waals surface area contributed by atoms with Gasteiger partial charge >= 0.3 is 5.97 Å². The maximum Gasteiger partial charge on any atom is 0.339 e. The molecule has 1 N–H and O–H groups in total. The van der Waals surface area contributed by atoms with Crippen molar-refractivity contribution in [3.05, 3.63) is 53.1 Å². The van der Waals surface area contributed by atoms with Crippen LogP contribution >= 0.6 is 11.6 Å². The molecule has 1 aliphatic heterocycles. The van der Waals surface area contributed by atoms with Crippen molar-refractivity contribution < 1.29 is 27.8 Å². The summed E-state index contributed by atoms with van der Waals surface area (Å²) >= 11 is 6.17. The summed E-state index contributed by atoms with van der Waals surface area (Å²) < 4.78 is 37.6. The SMILES string of the molecule is O=C(O)c1cc(S(=O)(=O)N2CCOCC2)c(Cl)cc1Oc1ccccc1. The van der Waals surface area contributed by atoms with Crippen LogP contribution in [0.3, 0.4) is 0 Å². The van der Waals surface area contributed by atoms with Gasteiger partial charge in [0.25, 0.3) is 0 Å². The normalized spacial score (nSPS) is 15.6. The molecular weight excluding hydrogens is 382 g/mol. The number of benzene rings is 2. The molecule has 1 aliphatic rings. The molecule has 2 aromatic carbocycles. The summed E-state index contributed by atoms with van der Waals surface area (Å²) in [6.07, 6.45) is 0. The standard InChI is InChI=1S/C17H16ClNO6S/c18-14-11-15(25-12-4-2-1-3-5-12)13(17(20)21)10-16(14)26(22,23)19-6-8-24-9-7-19/h1-5,10-11H,6-9H2,(H,20,21). The summed E-state index contributed by atoms with van der Waals surface area (Å²) in [6, 6.07) is 10.8. The second kappa shape index (κ2) is 7.63. The van der Waals surface area contributed by atoms with E-state index in [1.165, 1.54) is 10.4 Å². The average molecular weight is 398 g/mol. The number of aromatic carboxylic acids is 1. The Morgan fingerprint density at radius 2 is 1.81 bits per heavy atom. The van der Waals surface area contributed by atoms with Crippen LogP contribution in [0.5, 0.6) is 11.5 Å². The van der Waals surface area contributed by atoms with Gasteiger partial charge in [-0.1, -0.05) is 29.8 Å². The summed E-state index contributed by atoms with van der Waals surface area (Å²) in [5.74, 6) is -0.935. The van der Waals surface area contributed by atoms with Crippen LogP contribution in [0, 0.1) is 0 Å². The van der Waals surface area contributed by atoms with Crippen molar-refractivity contribution in [2.45, 2.75) is 4.90 Å². The number of morpholine rings is 1. The highest BCUT2D eigenvalue weighted by Gasteiger charge is 2.30. The highest BCUT2D eigenvalue weighted by molar-refractivity contribution is 7.89. The summed E-state index contributed by atoms with van der Waals surface area (Å²) in [7, 11) is -3.94. The molecule has 138 valence electrons. The molecule has 0 spiro atoms. The number of para-hydroxylation sites is 1. The Bertz CT molecular complexity index is 910. The smallest absolute Gasteiger partial charge is 0.339 e. The fourth-order valence-electron chi connectivity index (χ4n) is 2.53. The van der Waals surface area contributed by atoms with Crippen LogP contribution in [0.4, 0.5) is 0 Å². The predicted octanol–water partition coefficient (Wildman–Crippen LogP) is 2.85. The molecule has 1 heterocycles. The van der Waals surface area contributed by atoms with Gasteiger partial charge in [-0.2, -0.15) is 4.31 Å². The third-order valence-corrected chi connectivity index (χ3v) is 6.19. The van der Waals surface area contributed by atoms with Gasteiger partial charge in [-0.25, -0.2) is 13.2 Å². The van der Waals surface area contributed by atoms with Gasteiger partial charge in [-0.05, 0) is 18.2 Å². The van der Waals surface area contributed by atoms with E-state index in [2.05, 4.69) is 0 Å². The Hall–Kier alpha value is -2.13. The first-order valence-corrected chi connectivity index (χ1v) is 9.59. The van der Waals surface area contributed by atoms with Gasteiger partial charge in [-0.15, -0.1) is 0 Å². The van der Waals surface area contributed by atoms with E-state index in [0.717, 1.165) is 6.07 Å². The first-order chi connectivity index (χ1) is 12.4. The minimum absolute atomic E-state index is 0.0328. The Kier molecular flexibility index (Phi) is 5.47. The Morgan fingerprint density at radius 3 is 2.42 bits per heavy atom. The number of ether oxygens (including phenoxy) is 2. The fraction of sp³-hybridized carbons (Fsp3) is 0.235. The number of hydrogen-bond acceptors (Lipinski definition) is 5. The monoisotopic (exact) mass is 397 g/mol. The molecule has 26 heavy (non-hydrogen) atoms. The zero-order valence-corrected chi connectivity index (χ0v) is 15.2. The van der Waals surface area contributed by atoms with Crippen LogP contribution < -0.4 is 4.74 Å². The molecule has 0 bridgehead atoms. The molecule has 0 radical (unpaired) electrons. The van der Waals surface area contributed by atoms with Gasteiger partial charge in [0.1, 0.15) is 22.0 Å². The second-order valence-electron chi connectivity index (χ2n) is 5.52. The zero-order chi connectivity index (χ0) is 18.7. The topological polar surface area (TPSA) is 93.1 Å². The zero-order valence-electron chi connectivity index (χ0n) is 13.6. The predicted molar refractivity (Wildman–Crippen MR) is 94.5 cm³/mol. The molecule has 1 fully saturated rings. The highest BCUT2D eigenvalue weighted by atomic mass is 35.5. The van der Waals surface area contributed by atoms with Crippen molar-refractivity contribution in [3.63, 3.8) is 0 Å². The molecule has 0 aromatic heterocycles. The number of nitrogens with zero attached hydrogens (tertiary/aromatic N) is 1. The van der Waals surface area contributed by atoms with Crippen molar-refractivity contribution in [1.82, 2.24) is 4.31 Å². The van der Waals surface area contributed by atoms with E-state index >= 15 is 0 Å². The number of carbonyl (C=O) groups is 1. The van der Waals surface area contributed by atoms with Crippen molar-refractivity contribution in [2.24, 2.45) is 0 Å². The summed E-state index contributed by atoms with van der Waals surface area (Å²) in [6.45, 7) is 0.919. The van der Waals surface area contributed by atoms with E-state index in [1.54, 1.807) is 30.3 Å². The average Bonchev–Trinajstić information content (AvgIpc) is 2.63. The molecule has 0 unspecified atom stereocenters. The molecule has 9 heteroatoms. The Balaban J connectivity index is 2.03. The van der Waals surface area contributed by atoms with Crippen molar-refractivity contribution in [2.75, 3.05) is 26.3 Å². The van der Waals surface area contributed by atoms with Crippen LogP contribution in [-0.2, 0) is 14.8 Å². The number of carboxylic acid groups (broad SMARTS) is 1. The number of sulfonamides is 1. The van der Waals surface area contributed by atoms with Gasteiger partial charge in [0.05, 0.1) is 18.2 Å². The van der Waals surface area contributed by atoms with E-state index in [9.17, 15) is 18.3 Å². The van der Waals surface area contributed by atoms with Crippen LogP contribution in [0.1, 0.15) is 10.4 Å². The summed E-state index contributed by atoms with van der Waals surface area (Å²) in [5, 5.41) is 9.38. The lowest BCUT2D eigenvalue weighted by atomic mass is 10.2. The first-order valence-electron chi connectivity index (χ1n) is 7.77. The second-order valence-corrected chi connectivity index (χ2v) is 7.83. The number of halogens is 1. The molecule has 2 aromatic rings. The minimum atomic E-state index is -3.94. The fourth-order valence-corrected chi connectivity index (χ4v) is 4.45. The summed E-state index contributed by atoms with van der Waals surface area (Å²) in [4.78, 5) is 11.4. The molecular formula is C17H16ClNO6S. The lowest BCUT2D eigenvalue weighted by Gasteiger charge is -2.26. The lowest BCUT2D eigenvalue weighted by molar-refractivity contribution is 0.0693. The molecule has 7 nitrogen and oxygen atoms in total. The molecule has 0 atom stereocenters. The Morgan fingerprint density at radius 1 is 1.15 bits per heavy atom. The quantitative estimate of drug-likeness (QED) is 0.833. The van der Waals surface area contributed by atoms with Gasteiger partial charge < -0.3 is 14.6 Å². The van der Waals surface area contributed by atoms with E-state index in [4.69, 9.17) is 21.1 Å². The maximum absolute atomic E-state index is 12.8. The van der Waals surface area contributed by atoms with Crippen LogP contribution in [0.2, 0.25) is 5.02 Å². The first kappa shape index (κ1) is 18.7. The highest BCUT2D eigenvalue weighted by Crippen LogP contribution is 2.34. The molecule has 0 aliphatic carbocycles. The number of carboxylic acids is 1. The van der Waals surface area contributed by atoms with E-state index in [0.29, 0.717) is 5.75 Å². The van der Waals surface area contributed by atoms with Gasteiger partial charge in [0.2, 0.25) is 10.0 Å². The number of rotatable bonds is 5. The third-order valence-electron chi connectivity index (χ3n) is 3.82. The number of hydrogen-bond donors (Lipinski definition) is 1. The lowest BCUT2D eigenvalue weighted by Crippen LogP contribution is -2.40. The minimum Gasteiger partial charge on any atom is -0.478 e. The van der Waals surface area contributed by atoms with Crippen LogP contribution in [-0.4, -0.2) is 50.1 Å². The van der Waals surface area contributed by atoms with Gasteiger partial charge in [0, 0.05) is 19.2 Å². The molecule has 3 rings (SSSR count). The van der Waals surface area contributed by atoms with E-state index in [-0.39, 0.29) is 47.5 Å². The third kappa shape index (κ3) is 3.83. The van der Waals surface area contributed by atoms with Gasteiger partial charge in [0.15, 0.2) is 0 Å². The van der Waals surface area contributed by atoms with E-state index in [1.807, 2.05) is 0 Å². The Labute approximate surface area is 155 Å². The van der Waals surface area contributed by atoms with E-state index < -0.39 is 16.0 Å². The molecule has 0 amide bonds. The molecule has 0 saturated carbocycles. The maximum atomic E-state index is 12.8. The van der Waals surface area contributed by atoms with Crippen LogP contribution in [0.25, 0.3) is 0 Å². The van der Waals surface area contributed by atoms with Crippen molar-refractivity contribution in [1.29, 1.82) is 0 Å². The van der Waals surface area contributed by atoms with Crippen molar-refractivity contribution >= 4 is 27.6 Å². The van der Waals surface area contributed by atoms with Gasteiger partial charge in [-0.3, -0.25) is 0 Å². The molecule has 1 saturated heterocycles.